The number of carbonyl (C=O) groups is 1. The Morgan fingerprint density at radius 3 is 2.43 bits per heavy atom. The van der Waals surface area contributed by atoms with Gasteiger partial charge in [-0.2, -0.15) is 0 Å². The Morgan fingerprint density at radius 1 is 0.964 bits per heavy atom. The Hall–Kier alpha value is -2.69. The fourth-order valence-electron chi connectivity index (χ4n) is 3.89. The maximum atomic E-state index is 13.1. The summed E-state index contributed by atoms with van der Waals surface area (Å²) in [7, 11) is 0. The maximum absolute atomic E-state index is 13.1. The molecule has 1 heterocycles. The smallest absolute Gasteiger partial charge is 0.318 e. The molecular formula is C23H28N2O3. The van der Waals surface area contributed by atoms with Crippen molar-refractivity contribution in [2.24, 2.45) is 0 Å². The van der Waals surface area contributed by atoms with Gasteiger partial charge in [0, 0.05) is 19.1 Å². The average Bonchev–Trinajstić information content (AvgIpc) is 3.18. The molecule has 2 aliphatic rings. The van der Waals surface area contributed by atoms with Gasteiger partial charge in [-0.15, -0.1) is 0 Å². The quantitative estimate of drug-likeness (QED) is 0.813. The van der Waals surface area contributed by atoms with Crippen molar-refractivity contribution in [2.45, 2.75) is 58.2 Å². The van der Waals surface area contributed by atoms with Crippen LogP contribution in [0.3, 0.4) is 0 Å². The third-order valence-corrected chi connectivity index (χ3v) is 5.52. The highest BCUT2D eigenvalue weighted by molar-refractivity contribution is 5.74. The number of rotatable bonds is 5. The number of urea groups is 1. The standard InChI is InChI=1S/C23H28N2O3/c1-17-7-9-18(10-8-17)14-25(23(26)24-20-5-3-2-4-6-20)15-19-11-12-21-22(13-19)28-16-27-21/h7-13,20H,2-6,14-16H2,1H3,(H,24,26). The minimum atomic E-state index is 0.00476. The summed E-state index contributed by atoms with van der Waals surface area (Å²) in [4.78, 5) is 15.0. The van der Waals surface area contributed by atoms with Gasteiger partial charge in [0.2, 0.25) is 6.79 Å². The number of benzene rings is 2. The topological polar surface area (TPSA) is 50.8 Å². The molecule has 5 nitrogen and oxygen atoms in total. The lowest BCUT2D eigenvalue weighted by Gasteiger charge is -2.28. The van der Waals surface area contributed by atoms with Crippen molar-refractivity contribution in [1.29, 1.82) is 0 Å². The first kappa shape index (κ1) is 18.7. The lowest BCUT2D eigenvalue weighted by atomic mass is 9.96. The zero-order valence-corrected chi connectivity index (χ0v) is 16.4. The van der Waals surface area contributed by atoms with Crippen LogP contribution in [0.5, 0.6) is 11.5 Å². The summed E-state index contributed by atoms with van der Waals surface area (Å²) in [5.41, 5.74) is 3.39. The molecule has 0 bridgehead atoms. The number of nitrogens with one attached hydrogen (secondary N) is 1. The molecule has 1 N–H and O–H groups in total. The van der Waals surface area contributed by atoms with Crippen molar-refractivity contribution in [3.63, 3.8) is 0 Å². The van der Waals surface area contributed by atoms with Gasteiger partial charge in [0.1, 0.15) is 0 Å². The molecular weight excluding hydrogens is 352 g/mol. The van der Waals surface area contributed by atoms with Gasteiger partial charge in [-0.1, -0.05) is 55.2 Å². The summed E-state index contributed by atoms with van der Waals surface area (Å²) in [6.07, 6.45) is 5.83. The monoisotopic (exact) mass is 380 g/mol. The van der Waals surface area contributed by atoms with Crippen molar-refractivity contribution in [2.75, 3.05) is 6.79 Å². The Balaban J connectivity index is 1.49. The van der Waals surface area contributed by atoms with Crippen molar-refractivity contribution >= 4 is 6.03 Å². The van der Waals surface area contributed by atoms with Crippen LogP contribution in [-0.2, 0) is 13.1 Å². The minimum Gasteiger partial charge on any atom is -0.454 e. The first-order valence-electron chi connectivity index (χ1n) is 10.2. The van der Waals surface area contributed by atoms with Crippen LogP contribution in [0.2, 0.25) is 0 Å². The molecule has 0 unspecified atom stereocenters. The SMILES string of the molecule is Cc1ccc(CN(Cc2ccc3c(c2)OCO3)C(=O)NC2CCCCC2)cc1. The number of nitrogens with zero attached hydrogens (tertiary/aromatic N) is 1. The summed E-state index contributed by atoms with van der Waals surface area (Å²) in [6.45, 7) is 3.44. The van der Waals surface area contributed by atoms with Crippen LogP contribution in [0, 0.1) is 6.92 Å². The Kier molecular flexibility index (Phi) is 5.70. The van der Waals surface area contributed by atoms with Crippen LogP contribution in [0.4, 0.5) is 4.79 Å². The van der Waals surface area contributed by atoms with Crippen molar-refractivity contribution in [3.05, 3.63) is 59.2 Å². The summed E-state index contributed by atoms with van der Waals surface area (Å²) >= 11 is 0. The van der Waals surface area contributed by atoms with Crippen LogP contribution in [0.1, 0.15) is 48.8 Å². The number of carbonyl (C=O) groups excluding carboxylic acids is 1. The van der Waals surface area contributed by atoms with Crippen molar-refractivity contribution in [3.8, 4) is 11.5 Å². The minimum absolute atomic E-state index is 0.00476. The Morgan fingerprint density at radius 2 is 1.64 bits per heavy atom. The van der Waals surface area contributed by atoms with E-state index in [2.05, 4.69) is 36.5 Å². The summed E-state index contributed by atoms with van der Waals surface area (Å²) in [6, 6.07) is 14.6. The third kappa shape index (κ3) is 4.58. The molecule has 2 aromatic rings. The Labute approximate surface area is 166 Å². The van der Waals surface area contributed by atoms with Crippen molar-refractivity contribution < 1.29 is 14.3 Å². The van der Waals surface area contributed by atoms with Crippen LogP contribution in [0.15, 0.2) is 42.5 Å². The molecule has 5 heteroatoms. The van der Waals surface area contributed by atoms with Gasteiger partial charge < -0.3 is 19.7 Å². The van der Waals surface area contributed by atoms with Gasteiger partial charge in [-0.3, -0.25) is 0 Å². The van der Waals surface area contributed by atoms with Crippen LogP contribution in [0.25, 0.3) is 0 Å². The van der Waals surface area contributed by atoms with E-state index in [1.54, 1.807) is 0 Å². The highest BCUT2D eigenvalue weighted by Crippen LogP contribution is 2.33. The summed E-state index contributed by atoms with van der Waals surface area (Å²) in [5, 5.41) is 3.25. The molecule has 2 aromatic carbocycles. The number of aryl methyl sites for hydroxylation is 1. The fraction of sp³-hybridized carbons (Fsp3) is 0.435. The summed E-state index contributed by atoms with van der Waals surface area (Å²) < 4.78 is 10.9. The molecule has 28 heavy (non-hydrogen) atoms. The zero-order chi connectivity index (χ0) is 19.3. The van der Waals surface area contributed by atoms with Crippen molar-refractivity contribution in [1.82, 2.24) is 10.2 Å². The first-order valence-corrected chi connectivity index (χ1v) is 10.2. The maximum Gasteiger partial charge on any atom is 0.318 e. The molecule has 1 aliphatic carbocycles. The molecule has 2 amide bonds. The summed E-state index contributed by atoms with van der Waals surface area (Å²) in [5.74, 6) is 1.51. The van der Waals surface area contributed by atoms with Crippen LogP contribution in [-0.4, -0.2) is 23.8 Å². The second-order valence-electron chi connectivity index (χ2n) is 7.81. The molecule has 1 fully saturated rings. The van der Waals surface area contributed by atoms with E-state index in [4.69, 9.17) is 9.47 Å². The first-order chi connectivity index (χ1) is 13.7. The lowest BCUT2D eigenvalue weighted by molar-refractivity contribution is 0.173. The molecule has 0 radical (unpaired) electrons. The molecule has 148 valence electrons. The van der Waals surface area contributed by atoms with Gasteiger partial charge >= 0.3 is 6.03 Å². The molecule has 0 atom stereocenters. The number of hydrogen-bond donors (Lipinski definition) is 1. The van der Waals surface area contributed by atoms with E-state index in [0.29, 0.717) is 19.1 Å². The third-order valence-electron chi connectivity index (χ3n) is 5.52. The molecule has 0 saturated heterocycles. The fourth-order valence-corrected chi connectivity index (χ4v) is 3.89. The number of hydrogen-bond acceptors (Lipinski definition) is 3. The van der Waals surface area contributed by atoms with Crippen LogP contribution >= 0.6 is 0 Å². The van der Waals surface area contributed by atoms with Gasteiger partial charge in [-0.25, -0.2) is 4.79 Å². The molecule has 0 spiro atoms. The van der Waals surface area contributed by atoms with E-state index in [1.807, 2.05) is 23.1 Å². The average molecular weight is 380 g/mol. The van der Waals surface area contributed by atoms with E-state index in [-0.39, 0.29) is 12.8 Å². The lowest BCUT2D eigenvalue weighted by Crippen LogP contribution is -2.44. The predicted octanol–water partition coefficient (Wildman–Crippen LogP) is 4.77. The zero-order valence-electron chi connectivity index (χ0n) is 16.4. The van der Waals surface area contributed by atoms with E-state index in [9.17, 15) is 4.79 Å². The van der Waals surface area contributed by atoms with Gasteiger partial charge in [0.05, 0.1) is 0 Å². The van der Waals surface area contributed by atoms with E-state index < -0.39 is 0 Å². The molecule has 1 saturated carbocycles. The van der Waals surface area contributed by atoms with Gasteiger partial charge in [0.15, 0.2) is 11.5 Å². The molecule has 4 rings (SSSR count). The second kappa shape index (κ2) is 8.55. The van der Waals surface area contributed by atoms with Crippen LogP contribution < -0.4 is 14.8 Å². The highest BCUT2D eigenvalue weighted by atomic mass is 16.7. The molecule has 1 aliphatic heterocycles. The van der Waals surface area contributed by atoms with E-state index in [1.165, 1.54) is 24.8 Å². The Bertz CT molecular complexity index is 813. The number of amides is 2. The number of fused-ring (bicyclic) bond motifs is 1. The highest BCUT2D eigenvalue weighted by Gasteiger charge is 2.21. The van der Waals surface area contributed by atoms with E-state index >= 15 is 0 Å². The second-order valence-corrected chi connectivity index (χ2v) is 7.81. The number of ether oxygens (including phenoxy) is 2. The normalized spacial score (nSPS) is 16.0. The predicted molar refractivity (Wildman–Crippen MR) is 108 cm³/mol. The van der Waals surface area contributed by atoms with Gasteiger partial charge in [0.25, 0.3) is 0 Å². The van der Waals surface area contributed by atoms with E-state index in [0.717, 1.165) is 35.5 Å². The van der Waals surface area contributed by atoms with Gasteiger partial charge in [-0.05, 0) is 43.0 Å². The largest absolute Gasteiger partial charge is 0.454 e. The molecule has 0 aromatic heterocycles.